The van der Waals surface area contributed by atoms with Crippen LogP contribution in [0.3, 0.4) is 0 Å². The second-order valence-electron chi connectivity index (χ2n) is 7.36. The Kier molecular flexibility index (Phi) is 7.01. The number of carbonyl (C=O) groups excluding carboxylic acids is 2. The van der Waals surface area contributed by atoms with E-state index in [2.05, 4.69) is 15.2 Å². The number of nitro groups is 1. The summed E-state index contributed by atoms with van der Waals surface area (Å²) in [6, 6.07) is 10.7. The number of benzene rings is 1. The summed E-state index contributed by atoms with van der Waals surface area (Å²) >= 11 is 0. The minimum Gasteiger partial charge on any atom is -0.465 e. The van der Waals surface area contributed by atoms with Gasteiger partial charge in [-0.2, -0.15) is 5.10 Å². The molecule has 0 aliphatic carbocycles. The van der Waals surface area contributed by atoms with Gasteiger partial charge in [0, 0.05) is 23.9 Å². The van der Waals surface area contributed by atoms with Crippen LogP contribution in [0.2, 0.25) is 0 Å². The Labute approximate surface area is 188 Å². The number of nitrogens with zero attached hydrogens (tertiary/aromatic N) is 4. The summed E-state index contributed by atoms with van der Waals surface area (Å²) in [4.78, 5) is 47.2. The van der Waals surface area contributed by atoms with E-state index < -0.39 is 40.2 Å². The Morgan fingerprint density at radius 1 is 1.21 bits per heavy atom. The normalized spacial score (nSPS) is 10.6. The average Bonchev–Trinajstić information content (AvgIpc) is 3.05. The van der Waals surface area contributed by atoms with Crippen LogP contribution in [0.25, 0.3) is 0 Å². The topological polar surface area (TPSA) is 138 Å². The summed E-state index contributed by atoms with van der Waals surface area (Å²) < 4.78 is 7.17. The minimum absolute atomic E-state index is 0.166. The number of hydrogen-bond acceptors (Lipinski definition) is 7. The van der Waals surface area contributed by atoms with Gasteiger partial charge in [-0.05, 0) is 19.4 Å². The number of pyridine rings is 1. The summed E-state index contributed by atoms with van der Waals surface area (Å²) in [5, 5.41) is 18.4. The largest absolute Gasteiger partial charge is 0.465 e. The maximum atomic E-state index is 12.5. The molecule has 33 heavy (non-hydrogen) atoms. The molecule has 0 fully saturated rings. The van der Waals surface area contributed by atoms with Gasteiger partial charge in [-0.1, -0.05) is 30.3 Å². The van der Waals surface area contributed by atoms with Crippen LogP contribution in [-0.2, 0) is 29.2 Å². The van der Waals surface area contributed by atoms with Crippen molar-refractivity contribution in [2.75, 3.05) is 7.11 Å². The zero-order valence-corrected chi connectivity index (χ0v) is 18.4. The third-order valence-corrected chi connectivity index (χ3v) is 5.17. The first-order chi connectivity index (χ1) is 15.7. The summed E-state index contributed by atoms with van der Waals surface area (Å²) in [5.74, 6) is -1.57. The van der Waals surface area contributed by atoms with Crippen molar-refractivity contribution < 1.29 is 19.2 Å². The number of carbonyl (C=O) groups is 2. The molecule has 1 amide bonds. The Hall–Kier alpha value is -4.28. The molecule has 11 nitrogen and oxygen atoms in total. The molecule has 3 aromatic rings. The lowest BCUT2D eigenvalue weighted by Crippen LogP contribution is -2.34. The number of aromatic nitrogens is 3. The zero-order chi connectivity index (χ0) is 24.1. The molecule has 1 aromatic carbocycles. The quantitative estimate of drug-likeness (QED) is 0.311. The van der Waals surface area contributed by atoms with Gasteiger partial charge in [0.05, 0.1) is 30.5 Å². The summed E-state index contributed by atoms with van der Waals surface area (Å²) in [7, 11) is 1.06. The molecule has 0 aliphatic heterocycles. The first-order valence-electron chi connectivity index (χ1n) is 10.0. The van der Waals surface area contributed by atoms with Crippen LogP contribution in [0.5, 0.6) is 0 Å². The Bertz CT molecular complexity index is 1260. The number of nitrogens with one attached hydrogen (secondary N) is 1. The fraction of sp³-hybridized carbons (Fsp3) is 0.273. The van der Waals surface area contributed by atoms with Gasteiger partial charge < -0.3 is 10.1 Å². The van der Waals surface area contributed by atoms with Crippen LogP contribution in [0.1, 0.15) is 32.9 Å². The Balaban J connectivity index is 1.75. The smallest absolute Gasteiger partial charge is 0.343 e. The molecule has 0 unspecified atom stereocenters. The lowest BCUT2D eigenvalue weighted by atomic mass is 10.2. The zero-order valence-electron chi connectivity index (χ0n) is 18.4. The number of methoxy groups -OCH3 is 1. The highest BCUT2D eigenvalue weighted by Gasteiger charge is 2.21. The molecule has 11 heteroatoms. The summed E-state index contributed by atoms with van der Waals surface area (Å²) in [6.45, 7) is 3.99. The standard InChI is InChI=1S/C22H23N5O6/c1-14-19(15(2)26(24-14)11-16-7-5-4-6-8-16)10-23-20(28)13-25-12-17(27(31)32)9-18(21(25)29)22(30)33-3/h4-9,12H,10-11,13H2,1-3H3,(H,23,28). The fourth-order valence-electron chi connectivity index (χ4n) is 3.39. The molecule has 2 heterocycles. The summed E-state index contributed by atoms with van der Waals surface area (Å²) in [5.41, 5.74) is 1.68. The number of aryl methyl sites for hydroxylation is 1. The van der Waals surface area contributed by atoms with Crippen LogP contribution in [0.15, 0.2) is 47.4 Å². The van der Waals surface area contributed by atoms with Gasteiger partial charge in [0.1, 0.15) is 12.1 Å². The Morgan fingerprint density at radius 3 is 2.55 bits per heavy atom. The maximum Gasteiger partial charge on any atom is 0.343 e. The van der Waals surface area contributed by atoms with Crippen LogP contribution in [0, 0.1) is 24.0 Å². The second-order valence-corrected chi connectivity index (χ2v) is 7.36. The second kappa shape index (κ2) is 9.90. The predicted molar refractivity (Wildman–Crippen MR) is 118 cm³/mol. The van der Waals surface area contributed by atoms with Crippen molar-refractivity contribution in [1.29, 1.82) is 0 Å². The highest BCUT2D eigenvalue weighted by atomic mass is 16.6. The third-order valence-electron chi connectivity index (χ3n) is 5.17. The molecule has 0 atom stereocenters. The van der Waals surface area contributed by atoms with E-state index in [1.807, 2.05) is 48.9 Å². The van der Waals surface area contributed by atoms with Crippen LogP contribution < -0.4 is 10.9 Å². The summed E-state index contributed by atoms with van der Waals surface area (Å²) in [6.07, 6.45) is 0.919. The van der Waals surface area contributed by atoms with Gasteiger partial charge >= 0.3 is 5.97 Å². The molecular weight excluding hydrogens is 430 g/mol. The van der Waals surface area contributed by atoms with Crippen molar-refractivity contribution in [3.05, 3.63) is 91.1 Å². The third kappa shape index (κ3) is 5.32. The number of hydrogen-bond donors (Lipinski definition) is 1. The van der Waals surface area contributed by atoms with E-state index in [-0.39, 0.29) is 6.54 Å². The maximum absolute atomic E-state index is 12.5. The Morgan fingerprint density at radius 2 is 1.91 bits per heavy atom. The molecule has 1 N–H and O–H groups in total. The van der Waals surface area contributed by atoms with Gasteiger partial charge in [-0.3, -0.25) is 29.0 Å². The van der Waals surface area contributed by atoms with E-state index in [0.29, 0.717) is 6.54 Å². The van der Waals surface area contributed by atoms with E-state index in [9.17, 15) is 24.5 Å². The van der Waals surface area contributed by atoms with Crippen molar-refractivity contribution in [2.45, 2.75) is 33.5 Å². The molecule has 3 rings (SSSR count). The van der Waals surface area contributed by atoms with Crippen molar-refractivity contribution in [2.24, 2.45) is 0 Å². The van der Waals surface area contributed by atoms with Crippen molar-refractivity contribution in [1.82, 2.24) is 19.7 Å². The van der Waals surface area contributed by atoms with Crippen molar-refractivity contribution in [3.8, 4) is 0 Å². The van der Waals surface area contributed by atoms with Crippen molar-refractivity contribution in [3.63, 3.8) is 0 Å². The first kappa shape index (κ1) is 23.4. The molecule has 0 saturated heterocycles. The molecule has 0 saturated carbocycles. The fourth-order valence-corrected chi connectivity index (χ4v) is 3.39. The molecule has 0 spiro atoms. The van der Waals surface area contributed by atoms with Gasteiger partial charge in [0.15, 0.2) is 0 Å². The van der Waals surface area contributed by atoms with Crippen LogP contribution in [-0.4, -0.2) is 38.3 Å². The van der Waals surface area contributed by atoms with E-state index in [4.69, 9.17) is 0 Å². The highest BCUT2D eigenvalue weighted by Crippen LogP contribution is 2.15. The van der Waals surface area contributed by atoms with E-state index in [1.165, 1.54) is 0 Å². The number of ether oxygens (including phenoxy) is 1. The van der Waals surface area contributed by atoms with Crippen LogP contribution >= 0.6 is 0 Å². The molecule has 172 valence electrons. The van der Waals surface area contributed by atoms with Crippen molar-refractivity contribution >= 4 is 17.6 Å². The van der Waals surface area contributed by atoms with E-state index in [1.54, 1.807) is 0 Å². The molecular formula is C22H23N5O6. The van der Waals surface area contributed by atoms with Gasteiger partial charge in [0.25, 0.3) is 11.2 Å². The lowest BCUT2D eigenvalue weighted by Gasteiger charge is -2.10. The number of esters is 1. The molecule has 0 radical (unpaired) electrons. The van der Waals surface area contributed by atoms with Gasteiger partial charge in [0.2, 0.25) is 5.91 Å². The lowest BCUT2D eigenvalue weighted by molar-refractivity contribution is -0.385. The van der Waals surface area contributed by atoms with E-state index >= 15 is 0 Å². The predicted octanol–water partition coefficient (Wildman–Crippen LogP) is 1.72. The van der Waals surface area contributed by atoms with Gasteiger partial charge in [-0.15, -0.1) is 0 Å². The SMILES string of the molecule is COC(=O)c1cc([N+](=O)[O-])cn(CC(=O)NCc2c(C)nn(Cc3ccccc3)c2C)c1=O. The van der Waals surface area contributed by atoms with E-state index in [0.717, 1.165) is 46.5 Å². The average molecular weight is 453 g/mol. The monoisotopic (exact) mass is 453 g/mol. The number of amides is 1. The number of rotatable bonds is 8. The van der Waals surface area contributed by atoms with Crippen LogP contribution in [0.4, 0.5) is 5.69 Å². The van der Waals surface area contributed by atoms with Gasteiger partial charge in [-0.25, -0.2) is 4.79 Å². The highest BCUT2D eigenvalue weighted by molar-refractivity contribution is 5.89. The molecule has 0 bridgehead atoms. The molecule has 0 aliphatic rings. The first-order valence-corrected chi connectivity index (χ1v) is 10.0. The molecule has 2 aromatic heterocycles. The minimum atomic E-state index is -1.02.